The van der Waals surface area contributed by atoms with Crippen molar-refractivity contribution in [2.75, 3.05) is 6.61 Å². The highest BCUT2D eigenvalue weighted by atomic mass is 79.9. The molecular formula is C11H13BrFNO2. The van der Waals surface area contributed by atoms with Crippen molar-refractivity contribution < 1.29 is 14.3 Å². The van der Waals surface area contributed by atoms with E-state index in [2.05, 4.69) is 21.2 Å². The molecule has 0 saturated heterocycles. The van der Waals surface area contributed by atoms with Crippen molar-refractivity contribution in [1.29, 1.82) is 0 Å². The van der Waals surface area contributed by atoms with Crippen LogP contribution in [-0.2, 0) is 0 Å². The lowest BCUT2D eigenvalue weighted by Crippen LogP contribution is -2.37. The number of carbonyl (C=O) groups excluding carboxylic acids is 1. The van der Waals surface area contributed by atoms with E-state index in [9.17, 15) is 9.18 Å². The van der Waals surface area contributed by atoms with Gasteiger partial charge in [-0.05, 0) is 40.5 Å². The molecule has 5 heteroatoms. The van der Waals surface area contributed by atoms with E-state index in [0.29, 0.717) is 10.9 Å². The standard InChI is InChI=1S/C11H13BrFNO2/c1-2-8(6-15)14-11(16)9-5-7(13)3-4-10(9)12/h3-5,8,15H,2,6H2,1H3,(H,14,16)/t8-/m1/s1. The quantitative estimate of drug-likeness (QED) is 0.892. The third kappa shape index (κ3) is 3.28. The highest BCUT2D eigenvalue weighted by Crippen LogP contribution is 2.17. The van der Waals surface area contributed by atoms with Gasteiger partial charge in [0.15, 0.2) is 0 Å². The van der Waals surface area contributed by atoms with Gasteiger partial charge in [0.25, 0.3) is 5.91 Å². The second-order valence-corrected chi connectivity index (χ2v) is 4.24. The molecule has 0 unspecified atom stereocenters. The SMILES string of the molecule is CC[C@H](CO)NC(=O)c1cc(F)ccc1Br. The molecule has 0 spiro atoms. The summed E-state index contributed by atoms with van der Waals surface area (Å²) in [5.41, 5.74) is 0.229. The Balaban J connectivity index is 2.83. The smallest absolute Gasteiger partial charge is 0.252 e. The van der Waals surface area contributed by atoms with Gasteiger partial charge in [-0.25, -0.2) is 4.39 Å². The maximum Gasteiger partial charge on any atom is 0.252 e. The normalized spacial score (nSPS) is 12.2. The highest BCUT2D eigenvalue weighted by molar-refractivity contribution is 9.10. The molecule has 16 heavy (non-hydrogen) atoms. The van der Waals surface area contributed by atoms with E-state index >= 15 is 0 Å². The lowest BCUT2D eigenvalue weighted by molar-refractivity contribution is 0.0913. The lowest BCUT2D eigenvalue weighted by Gasteiger charge is -2.14. The van der Waals surface area contributed by atoms with E-state index in [-0.39, 0.29) is 18.2 Å². The first kappa shape index (κ1) is 13.1. The summed E-state index contributed by atoms with van der Waals surface area (Å²) < 4.78 is 13.5. The van der Waals surface area contributed by atoms with Gasteiger partial charge in [0, 0.05) is 4.47 Å². The number of hydrogen-bond donors (Lipinski definition) is 2. The number of benzene rings is 1. The molecule has 0 radical (unpaired) electrons. The fraction of sp³-hybridized carbons (Fsp3) is 0.364. The minimum atomic E-state index is -0.467. The third-order valence-electron chi connectivity index (χ3n) is 2.22. The van der Waals surface area contributed by atoms with Gasteiger partial charge in [0.2, 0.25) is 0 Å². The Hall–Kier alpha value is -0.940. The number of nitrogens with one attached hydrogen (secondary N) is 1. The first-order chi connectivity index (χ1) is 7.58. The Labute approximate surface area is 102 Å². The van der Waals surface area contributed by atoms with Crippen molar-refractivity contribution in [3.63, 3.8) is 0 Å². The van der Waals surface area contributed by atoms with E-state index in [1.807, 2.05) is 6.92 Å². The summed E-state index contributed by atoms with van der Waals surface area (Å²) in [5, 5.41) is 11.6. The van der Waals surface area contributed by atoms with Crippen LogP contribution in [0.1, 0.15) is 23.7 Å². The van der Waals surface area contributed by atoms with Crippen LogP contribution >= 0.6 is 15.9 Å². The third-order valence-corrected chi connectivity index (χ3v) is 2.91. The fourth-order valence-electron chi connectivity index (χ4n) is 1.21. The van der Waals surface area contributed by atoms with Crippen LogP contribution in [0.4, 0.5) is 4.39 Å². The van der Waals surface area contributed by atoms with E-state index in [1.54, 1.807) is 0 Å². The molecule has 2 N–H and O–H groups in total. The maximum atomic E-state index is 13.0. The molecule has 0 saturated carbocycles. The van der Waals surface area contributed by atoms with Gasteiger partial charge < -0.3 is 10.4 Å². The molecule has 1 atom stereocenters. The zero-order chi connectivity index (χ0) is 12.1. The van der Waals surface area contributed by atoms with Crippen LogP contribution in [0.2, 0.25) is 0 Å². The van der Waals surface area contributed by atoms with Crippen LogP contribution in [0, 0.1) is 5.82 Å². The molecule has 1 aromatic carbocycles. The van der Waals surface area contributed by atoms with Crippen molar-refractivity contribution in [1.82, 2.24) is 5.32 Å². The molecule has 0 aliphatic carbocycles. The molecule has 0 aromatic heterocycles. The molecule has 1 rings (SSSR count). The number of hydrogen-bond acceptors (Lipinski definition) is 2. The summed E-state index contributed by atoms with van der Waals surface area (Å²) in [5.74, 6) is -0.863. The van der Waals surface area contributed by atoms with Gasteiger partial charge in [-0.3, -0.25) is 4.79 Å². The number of amides is 1. The van der Waals surface area contributed by atoms with Gasteiger partial charge >= 0.3 is 0 Å². The second kappa shape index (κ2) is 5.96. The lowest BCUT2D eigenvalue weighted by atomic mass is 10.1. The zero-order valence-electron chi connectivity index (χ0n) is 8.84. The Kier molecular flexibility index (Phi) is 4.89. The molecular weight excluding hydrogens is 277 g/mol. The molecule has 88 valence electrons. The summed E-state index contributed by atoms with van der Waals surface area (Å²) in [6.45, 7) is 1.72. The van der Waals surface area contributed by atoms with Crippen LogP contribution in [0.3, 0.4) is 0 Å². The number of aliphatic hydroxyl groups excluding tert-OH is 1. The van der Waals surface area contributed by atoms with Crippen molar-refractivity contribution in [3.05, 3.63) is 34.1 Å². The first-order valence-electron chi connectivity index (χ1n) is 4.95. The largest absolute Gasteiger partial charge is 0.394 e. The average Bonchev–Trinajstić information content (AvgIpc) is 2.28. The summed E-state index contributed by atoms with van der Waals surface area (Å²) >= 11 is 3.17. The molecule has 0 fully saturated rings. The molecule has 0 bridgehead atoms. The molecule has 1 amide bonds. The summed E-state index contributed by atoms with van der Waals surface area (Å²) in [4.78, 5) is 11.7. The Bertz CT molecular complexity index is 380. The summed E-state index contributed by atoms with van der Waals surface area (Å²) in [6, 6.07) is 3.60. The van der Waals surface area contributed by atoms with Crippen molar-refractivity contribution in [2.24, 2.45) is 0 Å². The summed E-state index contributed by atoms with van der Waals surface area (Å²) in [7, 11) is 0. The predicted octanol–water partition coefficient (Wildman–Crippen LogP) is 2.09. The van der Waals surface area contributed by atoms with Gasteiger partial charge in [0.1, 0.15) is 5.82 Å². The van der Waals surface area contributed by atoms with E-state index in [4.69, 9.17) is 5.11 Å². The van der Waals surface area contributed by atoms with Crippen LogP contribution in [-0.4, -0.2) is 23.7 Å². The van der Waals surface area contributed by atoms with Crippen LogP contribution < -0.4 is 5.32 Å². The average molecular weight is 290 g/mol. The van der Waals surface area contributed by atoms with Crippen LogP contribution in [0.15, 0.2) is 22.7 Å². The van der Waals surface area contributed by atoms with Gasteiger partial charge in [-0.15, -0.1) is 0 Å². The molecule has 1 aromatic rings. The van der Waals surface area contributed by atoms with Crippen LogP contribution in [0.5, 0.6) is 0 Å². The molecule has 0 heterocycles. The first-order valence-corrected chi connectivity index (χ1v) is 5.74. The maximum absolute atomic E-state index is 13.0. The number of rotatable bonds is 4. The number of halogens is 2. The monoisotopic (exact) mass is 289 g/mol. The summed E-state index contributed by atoms with van der Waals surface area (Å²) in [6.07, 6.45) is 0.620. The van der Waals surface area contributed by atoms with E-state index < -0.39 is 11.7 Å². The minimum Gasteiger partial charge on any atom is -0.394 e. The number of carbonyl (C=O) groups is 1. The van der Waals surface area contributed by atoms with Crippen molar-refractivity contribution in [3.8, 4) is 0 Å². The second-order valence-electron chi connectivity index (χ2n) is 3.39. The Morgan fingerprint density at radius 3 is 2.88 bits per heavy atom. The van der Waals surface area contributed by atoms with Gasteiger partial charge in [-0.1, -0.05) is 6.92 Å². The molecule has 0 aliphatic rings. The topological polar surface area (TPSA) is 49.3 Å². The van der Waals surface area contributed by atoms with Crippen LogP contribution in [0.25, 0.3) is 0 Å². The number of aliphatic hydroxyl groups is 1. The van der Waals surface area contributed by atoms with Crippen molar-refractivity contribution >= 4 is 21.8 Å². The minimum absolute atomic E-state index is 0.130. The van der Waals surface area contributed by atoms with E-state index in [1.165, 1.54) is 12.1 Å². The van der Waals surface area contributed by atoms with Gasteiger partial charge in [-0.2, -0.15) is 0 Å². The van der Waals surface area contributed by atoms with E-state index in [0.717, 1.165) is 6.07 Å². The Morgan fingerprint density at radius 1 is 1.62 bits per heavy atom. The fourth-order valence-corrected chi connectivity index (χ4v) is 1.64. The van der Waals surface area contributed by atoms with Gasteiger partial charge in [0.05, 0.1) is 18.2 Å². The molecule has 0 aliphatic heterocycles. The predicted molar refractivity (Wildman–Crippen MR) is 62.7 cm³/mol. The highest BCUT2D eigenvalue weighted by Gasteiger charge is 2.14. The van der Waals surface area contributed by atoms with Crippen molar-refractivity contribution in [2.45, 2.75) is 19.4 Å². The zero-order valence-corrected chi connectivity index (χ0v) is 10.4. The Morgan fingerprint density at radius 2 is 2.31 bits per heavy atom. The molecule has 3 nitrogen and oxygen atoms in total.